The second-order valence-electron chi connectivity index (χ2n) is 5.59. The quantitative estimate of drug-likeness (QED) is 0.765. The average Bonchev–Trinajstić information content (AvgIpc) is 2.97. The summed E-state index contributed by atoms with van der Waals surface area (Å²) in [6.07, 6.45) is -23.2. The van der Waals surface area contributed by atoms with Crippen LogP contribution in [0.3, 0.4) is 0 Å². The van der Waals surface area contributed by atoms with E-state index in [0.29, 0.717) is 4.90 Å². The van der Waals surface area contributed by atoms with Gasteiger partial charge in [0, 0.05) is 69.4 Å². The highest BCUT2D eigenvalue weighted by Gasteiger charge is 2.24. The first kappa shape index (κ1) is 6.04. The highest BCUT2D eigenvalue weighted by Crippen LogP contribution is 2.30. The van der Waals surface area contributed by atoms with Crippen molar-refractivity contribution in [2.45, 2.75) is 44.8 Å². The van der Waals surface area contributed by atoms with E-state index in [1.807, 2.05) is 0 Å². The van der Waals surface area contributed by atoms with Crippen molar-refractivity contribution in [3.8, 4) is 0 Å². The van der Waals surface area contributed by atoms with Gasteiger partial charge in [0.25, 0.3) is 0 Å². The van der Waals surface area contributed by atoms with Crippen LogP contribution in [0.2, 0.25) is 5.02 Å². The lowest BCUT2D eigenvalue weighted by molar-refractivity contribution is 0.194. The minimum Gasteiger partial charge on any atom is -0.368 e. The van der Waals surface area contributed by atoms with Crippen molar-refractivity contribution in [1.82, 2.24) is 15.1 Å². The summed E-state index contributed by atoms with van der Waals surface area (Å²) < 4.78 is 216. The van der Waals surface area contributed by atoms with Crippen LogP contribution in [0, 0.1) is 12.8 Å². The van der Waals surface area contributed by atoms with Gasteiger partial charge in [-0.2, -0.15) is 0 Å². The van der Waals surface area contributed by atoms with E-state index in [4.69, 9.17) is 45.9 Å². The number of hydrogen-bond acceptors (Lipinski definition) is 3. The second-order valence-corrected chi connectivity index (χ2v) is 5.97. The highest BCUT2D eigenvalue weighted by molar-refractivity contribution is 6.34. The number of nitrogens with one attached hydrogen (secondary N) is 1. The maximum Gasteiger partial charge on any atom is 0.317 e. The molecule has 1 aromatic carbocycles. The fraction of sp³-hybridized carbons (Fsp3) is 0.682. The fourth-order valence-electron chi connectivity index (χ4n) is 1.82. The molecule has 2 fully saturated rings. The molecule has 2 aliphatic rings. The maximum absolute atomic E-state index is 12.6. The van der Waals surface area contributed by atoms with Crippen molar-refractivity contribution in [3.63, 3.8) is 0 Å². The molecule has 0 unspecified atom stereocenters. The summed E-state index contributed by atoms with van der Waals surface area (Å²) in [5, 5.41) is 0.671. The van der Waals surface area contributed by atoms with Gasteiger partial charge in [-0.15, -0.1) is 0 Å². The molecule has 6 heteroatoms. The molecule has 1 N–H and O–H groups in total. The van der Waals surface area contributed by atoms with Gasteiger partial charge >= 0.3 is 6.03 Å². The third kappa shape index (κ3) is 5.54. The predicted octanol–water partition coefficient (Wildman–Crippen LogP) is 3.99. The molecule has 1 aromatic rings. The number of halogens is 1. The summed E-state index contributed by atoms with van der Waals surface area (Å²) in [7, 11) is 2.04. The lowest BCUT2D eigenvalue weighted by Crippen LogP contribution is -2.47. The number of urea groups is 1. The van der Waals surface area contributed by atoms with Crippen LogP contribution in [0.15, 0.2) is 18.1 Å². The van der Waals surface area contributed by atoms with Gasteiger partial charge in [0.15, 0.2) is 0 Å². The van der Waals surface area contributed by atoms with Crippen LogP contribution in [0.1, 0.15) is 71.7 Å². The molecule has 1 aliphatic carbocycles. The Bertz CT molecular complexity index is 1610. The summed E-state index contributed by atoms with van der Waals surface area (Å²) in [6, 6.07) is -8.48. The molecule has 28 heavy (non-hydrogen) atoms. The van der Waals surface area contributed by atoms with Crippen molar-refractivity contribution in [2.75, 3.05) is 51.5 Å². The molecular formula is C22H35ClN4O. The number of carbonyl (C=O) groups is 1. The van der Waals surface area contributed by atoms with Crippen molar-refractivity contribution >= 4 is 23.3 Å². The lowest BCUT2D eigenvalue weighted by Gasteiger charge is -2.37. The van der Waals surface area contributed by atoms with E-state index < -0.39 is 121 Å². The number of anilines is 1. The third-order valence-electron chi connectivity index (χ3n) is 3.29. The normalized spacial score (nSPS) is 57.3. The third-order valence-corrected chi connectivity index (χ3v) is 3.76. The largest absolute Gasteiger partial charge is 0.368 e. The molecule has 2 amide bonds. The van der Waals surface area contributed by atoms with Crippen LogP contribution < -0.4 is 10.2 Å². The van der Waals surface area contributed by atoms with Crippen LogP contribution in [-0.4, -0.2) is 68.4 Å². The van der Waals surface area contributed by atoms with Gasteiger partial charge in [0.2, 0.25) is 0 Å². The van der Waals surface area contributed by atoms with E-state index in [0.717, 1.165) is 21.0 Å². The number of benzene rings is 1. The van der Waals surface area contributed by atoms with Crippen molar-refractivity contribution in [3.05, 3.63) is 28.7 Å². The van der Waals surface area contributed by atoms with Crippen molar-refractivity contribution < 1.29 is 39.1 Å². The summed E-state index contributed by atoms with van der Waals surface area (Å²) >= 11 is 6.24. The van der Waals surface area contributed by atoms with Crippen LogP contribution in [0.4, 0.5) is 10.5 Å². The predicted molar refractivity (Wildman–Crippen MR) is 117 cm³/mol. The topological polar surface area (TPSA) is 38.8 Å². The smallest absolute Gasteiger partial charge is 0.317 e. The van der Waals surface area contributed by atoms with Crippen LogP contribution in [-0.2, 0) is 0 Å². The number of rotatable bonds is 5. The van der Waals surface area contributed by atoms with Crippen molar-refractivity contribution in [2.24, 2.45) is 5.89 Å². The molecule has 0 spiro atoms. The second kappa shape index (κ2) is 9.84. The Hall–Kier alpha value is -1.46. The SMILES string of the molecule is [2H]c1c([2H])c(C)c(Cl)c(N2C([2H])([2H])C([2H])([2H])N(C([2H])([2H])C([2H])([2H])C3([2H])C([2H])([2H])C([2H])([2H])C([2H])(NC(=O)N(C)C)C([2H])([2H])C3([2H])[2H])C([2H])([2H])C2([2H])[2H])c1[2H]. The van der Waals surface area contributed by atoms with Gasteiger partial charge in [-0.1, -0.05) is 23.7 Å². The van der Waals surface area contributed by atoms with E-state index in [1.165, 1.54) is 5.32 Å². The van der Waals surface area contributed by atoms with E-state index in [1.54, 1.807) is 0 Å². The molecule has 3 rings (SSSR count). The minimum absolute atomic E-state index is 0.377. The molecule has 0 aromatic heterocycles. The number of carbonyl (C=O) groups excluding carboxylic acids is 1. The zero-order chi connectivity index (χ0) is 42.5. The fourth-order valence-corrected chi connectivity index (χ4v) is 2.00. The molecule has 156 valence electrons. The Morgan fingerprint density at radius 1 is 1.32 bits per heavy atom. The Morgan fingerprint density at radius 2 is 2.00 bits per heavy atom. The zero-order valence-corrected chi connectivity index (χ0v) is 15.9. The summed E-state index contributed by atoms with van der Waals surface area (Å²) in [4.78, 5) is 11.7. The Morgan fingerprint density at radius 3 is 2.64 bits per heavy atom. The standard InChI is InChI=1S/C22H35ClN4O/c1-17-5-4-6-20(21(17)23)27-15-13-26(14-16-27)12-11-18-7-9-19(10-8-18)24-22(28)25(2)3/h4-6,18-19H,7-16H2,1-3H3,(H,24,28)/i4D,5D,6D,7D2,8D2,9D2,10D2,11D2,12D2,13D2,14D2,15D2,16D2,18D,19D. The Balaban J connectivity index is 2.47. The highest BCUT2D eigenvalue weighted by atomic mass is 35.5. The average molecular weight is 432 g/mol. The summed E-state index contributed by atoms with van der Waals surface area (Å²) in [5.74, 6) is -4.90. The molecule has 1 saturated carbocycles. The van der Waals surface area contributed by atoms with Crippen LogP contribution >= 0.6 is 11.6 Å². The summed E-state index contributed by atoms with van der Waals surface area (Å²) in [5.41, 5.74) is -1.57. The van der Waals surface area contributed by atoms with E-state index >= 15 is 0 Å². The molecule has 0 radical (unpaired) electrons. The van der Waals surface area contributed by atoms with E-state index in [2.05, 4.69) is 0 Å². The molecular weight excluding hydrogens is 372 g/mol. The minimum atomic E-state index is -4.99. The molecule has 1 heterocycles. The van der Waals surface area contributed by atoms with E-state index in [-0.39, 0.29) is 5.56 Å². The lowest BCUT2D eigenvalue weighted by atomic mass is 9.84. The zero-order valence-electron chi connectivity index (χ0n) is 40.1. The molecule has 1 aliphatic heterocycles. The maximum atomic E-state index is 12.6. The van der Waals surface area contributed by atoms with E-state index in [9.17, 15) is 4.79 Å². The summed E-state index contributed by atoms with van der Waals surface area (Å²) in [6.45, 7) is -21.2. The molecule has 0 bridgehead atoms. The van der Waals surface area contributed by atoms with Gasteiger partial charge < -0.3 is 15.1 Å². The number of nitrogens with zero attached hydrogens (tertiary/aromatic N) is 3. The molecule has 1 saturated heterocycles. The number of hydrogen-bond donors (Lipinski definition) is 1. The van der Waals surface area contributed by atoms with Crippen molar-refractivity contribution in [1.29, 1.82) is 0 Å². The molecule has 0 atom stereocenters. The van der Waals surface area contributed by atoms with Gasteiger partial charge in [0.1, 0.15) is 0 Å². The van der Waals surface area contributed by atoms with Gasteiger partial charge in [-0.25, -0.2) is 4.79 Å². The number of amides is 2. The first-order valence-corrected chi connectivity index (χ1v) is 8.23. The van der Waals surface area contributed by atoms with Gasteiger partial charge in [-0.3, -0.25) is 4.90 Å². The van der Waals surface area contributed by atoms with Gasteiger partial charge in [0.05, 0.1) is 21.7 Å². The number of piperazine rings is 1. The van der Waals surface area contributed by atoms with Crippen LogP contribution in [0.25, 0.3) is 0 Å². The van der Waals surface area contributed by atoms with Gasteiger partial charge in [-0.05, 0) is 62.8 Å². The first-order chi connectivity index (χ1) is 23.0. The monoisotopic (exact) mass is 431 g/mol. The molecule has 5 nitrogen and oxygen atoms in total. The first-order valence-electron chi connectivity index (χ1n) is 20.4. The van der Waals surface area contributed by atoms with Crippen LogP contribution in [0.5, 0.6) is 0 Å². The Kier molecular flexibility index (Phi) is 2.12. The Labute approximate surface area is 210 Å².